The molecule has 0 spiro atoms. The summed E-state index contributed by atoms with van der Waals surface area (Å²) in [7, 11) is 1.58. The van der Waals surface area contributed by atoms with Gasteiger partial charge in [0.1, 0.15) is 12.3 Å². The van der Waals surface area contributed by atoms with Gasteiger partial charge in [-0.15, -0.1) is 0 Å². The van der Waals surface area contributed by atoms with E-state index in [0.717, 1.165) is 5.56 Å². The minimum absolute atomic E-state index is 0.0506. The average Bonchev–Trinajstić information content (AvgIpc) is 2.81. The lowest BCUT2D eigenvalue weighted by Gasteiger charge is -2.19. The summed E-state index contributed by atoms with van der Waals surface area (Å²) in [6, 6.07) is 21.2. The number of anilines is 1. The summed E-state index contributed by atoms with van der Waals surface area (Å²) in [5.41, 5.74) is 1.83. The van der Waals surface area contributed by atoms with Crippen LogP contribution < -0.4 is 15.4 Å². The van der Waals surface area contributed by atoms with Crippen LogP contribution in [-0.4, -0.2) is 37.1 Å². The van der Waals surface area contributed by atoms with Crippen molar-refractivity contribution >= 4 is 17.5 Å². The van der Waals surface area contributed by atoms with Gasteiger partial charge in [0, 0.05) is 18.9 Å². The van der Waals surface area contributed by atoms with Crippen LogP contribution in [0, 0.1) is 0 Å². The van der Waals surface area contributed by atoms with E-state index in [9.17, 15) is 9.59 Å². The zero-order valence-electron chi connectivity index (χ0n) is 17.3. The molecule has 0 saturated carbocycles. The summed E-state index contributed by atoms with van der Waals surface area (Å²) in [6.45, 7) is 0.724. The van der Waals surface area contributed by atoms with Gasteiger partial charge in [-0.2, -0.15) is 0 Å². The highest BCUT2D eigenvalue weighted by Gasteiger charge is 2.20. The summed E-state index contributed by atoms with van der Waals surface area (Å²) in [5.74, 6) is -0.198. The van der Waals surface area contributed by atoms with Gasteiger partial charge in [-0.25, -0.2) is 4.98 Å². The first kappa shape index (κ1) is 22.0. The van der Waals surface area contributed by atoms with Gasteiger partial charge < -0.3 is 20.1 Å². The number of benzene rings is 2. The maximum atomic E-state index is 12.8. The molecule has 2 aromatic carbocycles. The van der Waals surface area contributed by atoms with Crippen molar-refractivity contribution in [1.29, 1.82) is 0 Å². The maximum Gasteiger partial charge on any atom is 0.251 e. The Morgan fingerprint density at radius 3 is 2.35 bits per heavy atom. The normalized spacial score (nSPS) is 11.4. The molecule has 7 heteroatoms. The number of methoxy groups -OCH3 is 1. The Bertz CT molecular complexity index is 980. The van der Waals surface area contributed by atoms with Crippen molar-refractivity contribution in [2.75, 3.05) is 25.6 Å². The van der Waals surface area contributed by atoms with E-state index in [0.29, 0.717) is 30.3 Å². The first-order chi connectivity index (χ1) is 15.2. The number of rotatable bonds is 10. The number of nitrogens with zero attached hydrogens (tertiary/aromatic N) is 1. The minimum Gasteiger partial charge on any atom is -0.474 e. The smallest absolute Gasteiger partial charge is 0.251 e. The summed E-state index contributed by atoms with van der Waals surface area (Å²) in [6.07, 6.45) is 1.64. The van der Waals surface area contributed by atoms with Crippen LogP contribution in [0.3, 0.4) is 0 Å². The summed E-state index contributed by atoms with van der Waals surface area (Å²) in [4.78, 5) is 29.7. The molecule has 1 atom stereocenters. The topological polar surface area (TPSA) is 89.6 Å². The van der Waals surface area contributed by atoms with Gasteiger partial charge in [0.15, 0.2) is 0 Å². The van der Waals surface area contributed by atoms with Crippen LogP contribution >= 0.6 is 0 Å². The van der Waals surface area contributed by atoms with Crippen LogP contribution in [-0.2, 0) is 9.53 Å². The summed E-state index contributed by atoms with van der Waals surface area (Å²) < 4.78 is 10.5. The fourth-order valence-corrected chi connectivity index (χ4v) is 2.98. The van der Waals surface area contributed by atoms with Gasteiger partial charge in [0.05, 0.1) is 19.1 Å². The molecular formula is C24H25N3O4. The van der Waals surface area contributed by atoms with Crippen LogP contribution in [0.15, 0.2) is 79.0 Å². The molecule has 0 bridgehead atoms. The van der Waals surface area contributed by atoms with Crippen molar-refractivity contribution in [3.63, 3.8) is 0 Å². The third-order valence-corrected chi connectivity index (χ3v) is 4.50. The fraction of sp³-hybridized carbons (Fsp3) is 0.208. The molecule has 0 aliphatic rings. The first-order valence-corrected chi connectivity index (χ1v) is 9.95. The number of carbonyl (C=O) groups excluding carboxylic acids is 2. The second-order valence-electron chi connectivity index (χ2n) is 6.75. The molecule has 160 valence electrons. The molecule has 2 N–H and O–H groups in total. The molecule has 0 fully saturated rings. The monoisotopic (exact) mass is 419 g/mol. The first-order valence-electron chi connectivity index (χ1n) is 9.95. The predicted octanol–water partition coefficient (Wildman–Crippen LogP) is 3.61. The van der Waals surface area contributed by atoms with Crippen molar-refractivity contribution < 1.29 is 19.1 Å². The molecule has 1 unspecified atom stereocenters. The van der Waals surface area contributed by atoms with Crippen molar-refractivity contribution in [3.8, 4) is 5.88 Å². The zero-order valence-corrected chi connectivity index (χ0v) is 17.3. The lowest BCUT2D eigenvalue weighted by molar-refractivity contribution is -0.116. The Morgan fingerprint density at radius 2 is 1.65 bits per heavy atom. The molecule has 1 aromatic heterocycles. The number of hydrogen-bond donors (Lipinski definition) is 2. The van der Waals surface area contributed by atoms with Gasteiger partial charge in [-0.3, -0.25) is 9.59 Å². The van der Waals surface area contributed by atoms with Crippen LogP contribution in [0.4, 0.5) is 5.69 Å². The van der Waals surface area contributed by atoms with Crippen molar-refractivity contribution in [3.05, 3.63) is 90.1 Å². The molecule has 31 heavy (non-hydrogen) atoms. The Balaban J connectivity index is 1.71. The molecule has 0 aliphatic heterocycles. The number of carbonyl (C=O) groups is 2. The van der Waals surface area contributed by atoms with E-state index >= 15 is 0 Å². The zero-order chi connectivity index (χ0) is 21.9. The lowest BCUT2D eigenvalue weighted by Crippen LogP contribution is -2.31. The van der Waals surface area contributed by atoms with Gasteiger partial charge in [-0.1, -0.05) is 48.5 Å². The predicted molar refractivity (Wildman–Crippen MR) is 118 cm³/mol. The molecule has 0 aliphatic carbocycles. The second kappa shape index (κ2) is 11.5. The van der Waals surface area contributed by atoms with Crippen LogP contribution in [0.5, 0.6) is 5.88 Å². The number of nitrogens with one attached hydrogen (secondary N) is 2. The van der Waals surface area contributed by atoms with Gasteiger partial charge >= 0.3 is 0 Å². The van der Waals surface area contributed by atoms with E-state index < -0.39 is 6.04 Å². The van der Waals surface area contributed by atoms with Gasteiger partial charge in [0.2, 0.25) is 11.8 Å². The van der Waals surface area contributed by atoms with E-state index in [4.69, 9.17) is 9.47 Å². The van der Waals surface area contributed by atoms with Crippen molar-refractivity contribution in [1.82, 2.24) is 10.3 Å². The molecule has 3 aromatic rings. The number of aromatic nitrogens is 1. The standard InChI is InChI=1S/C24H25N3O4/c1-30-15-16-31-24-20(13-8-14-25-24)26-22(28)17-21(18-9-4-2-5-10-18)27-23(29)19-11-6-3-7-12-19/h2-14,21H,15-17H2,1H3,(H,26,28)(H,27,29). The highest BCUT2D eigenvalue weighted by molar-refractivity contribution is 5.96. The fourth-order valence-electron chi connectivity index (χ4n) is 2.98. The average molecular weight is 419 g/mol. The third kappa shape index (κ3) is 6.65. The quantitative estimate of drug-likeness (QED) is 0.490. The summed E-state index contributed by atoms with van der Waals surface area (Å²) in [5, 5.41) is 5.79. The molecule has 0 saturated heterocycles. The SMILES string of the molecule is COCCOc1ncccc1NC(=O)CC(NC(=O)c1ccccc1)c1ccccc1. The number of ether oxygens (including phenoxy) is 2. The van der Waals surface area contributed by atoms with Crippen molar-refractivity contribution in [2.45, 2.75) is 12.5 Å². The Hall–Kier alpha value is -3.71. The Morgan fingerprint density at radius 1 is 0.935 bits per heavy atom. The van der Waals surface area contributed by atoms with Crippen molar-refractivity contribution in [2.24, 2.45) is 0 Å². The third-order valence-electron chi connectivity index (χ3n) is 4.50. The number of amides is 2. The highest BCUT2D eigenvalue weighted by Crippen LogP contribution is 2.23. The van der Waals surface area contributed by atoms with Crippen LogP contribution in [0.25, 0.3) is 0 Å². The molecular weight excluding hydrogens is 394 g/mol. The van der Waals surface area contributed by atoms with E-state index in [1.54, 1.807) is 49.7 Å². The lowest BCUT2D eigenvalue weighted by atomic mass is 10.0. The van der Waals surface area contributed by atoms with Gasteiger partial charge in [-0.05, 0) is 29.8 Å². The molecule has 0 radical (unpaired) electrons. The van der Waals surface area contributed by atoms with E-state index in [-0.39, 0.29) is 18.2 Å². The second-order valence-corrected chi connectivity index (χ2v) is 6.75. The minimum atomic E-state index is -0.497. The largest absolute Gasteiger partial charge is 0.474 e. The number of hydrogen-bond acceptors (Lipinski definition) is 5. The summed E-state index contributed by atoms with van der Waals surface area (Å²) >= 11 is 0. The maximum absolute atomic E-state index is 12.8. The van der Waals surface area contributed by atoms with Gasteiger partial charge in [0.25, 0.3) is 5.91 Å². The van der Waals surface area contributed by atoms with E-state index in [2.05, 4.69) is 15.6 Å². The highest BCUT2D eigenvalue weighted by atomic mass is 16.5. The molecule has 2 amide bonds. The Kier molecular flexibility index (Phi) is 8.13. The van der Waals surface area contributed by atoms with Crippen LogP contribution in [0.2, 0.25) is 0 Å². The molecule has 1 heterocycles. The molecule has 7 nitrogen and oxygen atoms in total. The van der Waals surface area contributed by atoms with E-state index in [1.807, 2.05) is 36.4 Å². The Labute approximate surface area is 181 Å². The van der Waals surface area contributed by atoms with Crippen LogP contribution in [0.1, 0.15) is 28.4 Å². The molecule has 3 rings (SSSR count). The van der Waals surface area contributed by atoms with E-state index in [1.165, 1.54) is 0 Å². The number of pyridine rings is 1.